The highest BCUT2D eigenvalue weighted by Crippen LogP contribution is 2.20. The van der Waals surface area contributed by atoms with Crippen LogP contribution in [-0.2, 0) is 0 Å². The van der Waals surface area contributed by atoms with Crippen molar-refractivity contribution >= 4 is 16.5 Å². The van der Waals surface area contributed by atoms with Crippen LogP contribution in [0.3, 0.4) is 0 Å². The summed E-state index contributed by atoms with van der Waals surface area (Å²) >= 11 is 1.74. The molecule has 1 aliphatic heterocycles. The molecule has 0 aliphatic carbocycles. The Hall–Kier alpha value is -0.650. The van der Waals surface area contributed by atoms with Crippen molar-refractivity contribution in [3.8, 4) is 0 Å². The summed E-state index contributed by atoms with van der Waals surface area (Å²) in [5.74, 6) is 0. The zero-order valence-corrected chi connectivity index (χ0v) is 12.2. The molecule has 0 spiro atoms. The van der Waals surface area contributed by atoms with Crippen molar-refractivity contribution in [2.75, 3.05) is 44.7 Å². The summed E-state index contributed by atoms with van der Waals surface area (Å²) in [4.78, 5) is 9.40. The van der Waals surface area contributed by atoms with E-state index >= 15 is 0 Å². The van der Waals surface area contributed by atoms with Crippen LogP contribution in [0.1, 0.15) is 19.8 Å². The van der Waals surface area contributed by atoms with Crippen LogP contribution in [0.4, 0.5) is 5.13 Å². The van der Waals surface area contributed by atoms with E-state index in [1.807, 2.05) is 13.2 Å². The number of hydrogen-bond acceptors (Lipinski definition) is 5. The van der Waals surface area contributed by atoms with Gasteiger partial charge in [-0.1, -0.05) is 0 Å². The molecule has 1 unspecified atom stereocenters. The highest BCUT2D eigenvalue weighted by atomic mass is 32.1. The van der Waals surface area contributed by atoms with Crippen molar-refractivity contribution in [3.63, 3.8) is 0 Å². The monoisotopic (exact) mass is 268 g/mol. The summed E-state index contributed by atoms with van der Waals surface area (Å²) in [6.45, 7) is 8.05. The van der Waals surface area contributed by atoms with Gasteiger partial charge < -0.3 is 10.2 Å². The van der Waals surface area contributed by atoms with Crippen LogP contribution in [0.5, 0.6) is 0 Å². The van der Waals surface area contributed by atoms with E-state index in [2.05, 4.69) is 32.4 Å². The molecule has 5 heteroatoms. The zero-order valence-electron chi connectivity index (χ0n) is 11.4. The van der Waals surface area contributed by atoms with Crippen LogP contribution in [0.2, 0.25) is 0 Å². The van der Waals surface area contributed by atoms with Crippen LogP contribution in [0, 0.1) is 0 Å². The van der Waals surface area contributed by atoms with Gasteiger partial charge in [-0.15, -0.1) is 11.3 Å². The van der Waals surface area contributed by atoms with E-state index in [1.54, 1.807) is 11.3 Å². The fraction of sp³-hybridized carbons (Fsp3) is 0.769. The second-order valence-electron chi connectivity index (χ2n) is 4.93. The number of piperazine rings is 1. The first kappa shape index (κ1) is 13.8. The lowest BCUT2D eigenvalue weighted by Crippen LogP contribution is -2.49. The minimum absolute atomic E-state index is 0.705. The Bertz CT molecular complexity index is 320. The van der Waals surface area contributed by atoms with Gasteiger partial charge in [0.1, 0.15) is 0 Å². The predicted molar refractivity (Wildman–Crippen MR) is 78.5 cm³/mol. The van der Waals surface area contributed by atoms with E-state index < -0.39 is 0 Å². The number of hydrogen-bond donors (Lipinski definition) is 1. The van der Waals surface area contributed by atoms with Crippen LogP contribution in [0.15, 0.2) is 11.6 Å². The van der Waals surface area contributed by atoms with Crippen LogP contribution < -0.4 is 10.2 Å². The van der Waals surface area contributed by atoms with E-state index in [0.717, 1.165) is 19.6 Å². The fourth-order valence-corrected chi connectivity index (χ4v) is 3.18. The number of rotatable bonds is 6. The molecule has 102 valence electrons. The standard InChI is InChI=1S/C13H24N4S/c1-12(4-3-5-14-2)16-7-9-17(10-8-16)13-15-6-11-18-13/h6,11-12,14H,3-5,7-10H2,1-2H3. The third-order valence-corrected chi connectivity index (χ3v) is 4.51. The third-order valence-electron chi connectivity index (χ3n) is 3.68. The first-order valence-corrected chi connectivity index (χ1v) is 7.72. The predicted octanol–water partition coefficient (Wildman–Crippen LogP) is 1.65. The summed E-state index contributed by atoms with van der Waals surface area (Å²) < 4.78 is 0. The number of thiazole rings is 1. The fourth-order valence-electron chi connectivity index (χ4n) is 2.48. The van der Waals surface area contributed by atoms with Gasteiger partial charge in [-0.2, -0.15) is 0 Å². The number of aromatic nitrogens is 1. The van der Waals surface area contributed by atoms with Crippen LogP contribution in [0.25, 0.3) is 0 Å². The van der Waals surface area contributed by atoms with Gasteiger partial charge >= 0.3 is 0 Å². The summed E-state index contributed by atoms with van der Waals surface area (Å²) in [5.41, 5.74) is 0. The SMILES string of the molecule is CNCCCC(C)N1CCN(c2nccs2)CC1. The van der Waals surface area contributed by atoms with E-state index in [-0.39, 0.29) is 0 Å². The molecule has 18 heavy (non-hydrogen) atoms. The van der Waals surface area contributed by atoms with Crippen molar-refractivity contribution in [1.82, 2.24) is 15.2 Å². The second kappa shape index (κ2) is 7.07. The third kappa shape index (κ3) is 3.67. The molecule has 1 saturated heterocycles. The second-order valence-corrected chi connectivity index (χ2v) is 5.81. The molecule has 0 saturated carbocycles. The van der Waals surface area contributed by atoms with Crippen LogP contribution in [-0.4, -0.2) is 55.7 Å². The molecule has 2 heterocycles. The normalized spacial score (nSPS) is 19.1. The van der Waals surface area contributed by atoms with E-state index in [4.69, 9.17) is 0 Å². The van der Waals surface area contributed by atoms with Gasteiger partial charge in [-0.05, 0) is 33.4 Å². The van der Waals surface area contributed by atoms with Gasteiger partial charge in [0.15, 0.2) is 5.13 Å². The first-order valence-electron chi connectivity index (χ1n) is 6.84. The number of nitrogens with zero attached hydrogens (tertiary/aromatic N) is 3. The highest BCUT2D eigenvalue weighted by Gasteiger charge is 2.21. The molecule has 1 aromatic heterocycles. The Kier molecular flexibility index (Phi) is 5.41. The molecular formula is C13H24N4S. The van der Waals surface area contributed by atoms with Crippen molar-refractivity contribution < 1.29 is 0 Å². The van der Waals surface area contributed by atoms with Crippen molar-refractivity contribution in [2.45, 2.75) is 25.8 Å². The van der Waals surface area contributed by atoms with Crippen molar-refractivity contribution in [2.24, 2.45) is 0 Å². The molecular weight excluding hydrogens is 244 g/mol. The van der Waals surface area contributed by atoms with Gasteiger partial charge in [0.25, 0.3) is 0 Å². The maximum Gasteiger partial charge on any atom is 0.185 e. The van der Waals surface area contributed by atoms with Crippen molar-refractivity contribution in [3.05, 3.63) is 11.6 Å². The molecule has 1 atom stereocenters. The molecule has 2 rings (SSSR count). The van der Waals surface area contributed by atoms with Crippen LogP contribution >= 0.6 is 11.3 Å². The largest absolute Gasteiger partial charge is 0.346 e. The van der Waals surface area contributed by atoms with Gasteiger partial charge in [0, 0.05) is 43.8 Å². The lowest BCUT2D eigenvalue weighted by atomic mass is 10.1. The minimum Gasteiger partial charge on any atom is -0.346 e. The Morgan fingerprint density at radius 3 is 2.78 bits per heavy atom. The van der Waals surface area contributed by atoms with Gasteiger partial charge in [0.05, 0.1) is 0 Å². The topological polar surface area (TPSA) is 31.4 Å². The van der Waals surface area contributed by atoms with Gasteiger partial charge in [-0.3, -0.25) is 4.90 Å². The lowest BCUT2D eigenvalue weighted by molar-refractivity contribution is 0.186. The Labute approximate surface area is 114 Å². The quantitative estimate of drug-likeness (QED) is 0.795. The summed E-state index contributed by atoms with van der Waals surface area (Å²) in [5, 5.41) is 6.45. The highest BCUT2D eigenvalue weighted by molar-refractivity contribution is 7.13. The minimum atomic E-state index is 0.705. The molecule has 4 nitrogen and oxygen atoms in total. The van der Waals surface area contributed by atoms with E-state index in [1.165, 1.54) is 31.1 Å². The average Bonchev–Trinajstić information content (AvgIpc) is 2.93. The molecule has 0 bridgehead atoms. The maximum absolute atomic E-state index is 4.39. The molecule has 1 N–H and O–H groups in total. The Balaban J connectivity index is 1.72. The molecule has 0 aromatic carbocycles. The maximum atomic E-state index is 4.39. The average molecular weight is 268 g/mol. The van der Waals surface area contributed by atoms with Crippen molar-refractivity contribution in [1.29, 1.82) is 0 Å². The summed E-state index contributed by atoms with van der Waals surface area (Å²) in [6, 6.07) is 0.705. The number of anilines is 1. The smallest absolute Gasteiger partial charge is 0.185 e. The van der Waals surface area contributed by atoms with E-state index in [0.29, 0.717) is 6.04 Å². The molecule has 1 fully saturated rings. The first-order chi connectivity index (χ1) is 8.81. The summed E-state index contributed by atoms with van der Waals surface area (Å²) in [7, 11) is 2.03. The van der Waals surface area contributed by atoms with Gasteiger partial charge in [0.2, 0.25) is 0 Å². The van der Waals surface area contributed by atoms with Gasteiger partial charge in [-0.25, -0.2) is 4.98 Å². The van der Waals surface area contributed by atoms with E-state index in [9.17, 15) is 0 Å². The molecule has 0 amide bonds. The summed E-state index contributed by atoms with van der Waals surface area (Å²) in [6.07, 6.45) is 4.45. The molecule has 1 aromatic rings. The zero-order chi connectivity index (χ0) is 12.8. The Morgan fingerprint density at radius 2 is 2.17 bits per heavy atom. The molecule has 1 aliphatic rings. The molecule has 0 radical (unpaired) electrons. The lowest BCUT2D eigenvalue weighted by Gasteiger charge is -2.38. The Morgan fingerprint density at radius 1 is 1.39 bits per heavy atom. The number of nitrogens with one attached hydrogen (secondary N) is 1.